The van der Waals surface area contributed by atoms with Crippen molar-refractivity contribution in [2.75, 3.05) is 18.0 Å². The highest BCUT2D eigenvalue weighted by molar-refractivity contribution is 5.95. The van der Waals surface area contributed by atoms with Gasteiger partial charge >= 0.3 is 0 Å². The second kappa shape index (κ2) is 4.73. The molecule has 1 aromatic rings. The van der Waals surface area contributed by atoms with E-state index >= 15 is 0 Å². The van der Waals surface area contributed by atoms with Crippen molar-refractivity contribution in [2.45, 2.75) is 38.3 Å². The number of fused-ring (bicyclic) bond motifs is 1. The first-order valence-corrected chi connectivity index (χ1v) is 6.92. The van der Waals surface area contributed by atoms with E-state index < -0.39 is 0 Å². The van der Waals surface area contributed by atoms with Crippen LogP contribution in [0.15, 0.2) is 30.3 Å². The van der Waals surface area contributed by atoms with Crippen LogP contribution in [0.25, 0.3) is 0 Å². The second-order valence-corrected chi connectivity index (χ2v) is 5.19. The van der Waals surface area contributed by atoms with Gasteiger partial charge < -0.3 is 4.90 Å². The summed E-state index contributed by atoms with van der Waals surface area (Å²) in [5.41, 5.74) is 1.06. The number of carbonyl (C=O) groups is 1. The zero-order valence-corrected chi connectivity index (χ0v) is 10.9. The summed E-state index contributed by atoms with van der Waals surface area (Å²) >= 11 is 0. The lowest BCUT2D eigenvalue weighted by Gasteiger charge is -2.39. The molecule has 0 aliphatic carbocycles. The molecule has 2 saturated heterocycles. The van der Waals surface area contributed by atoms with E-state index in [4.69, 9.17) is 0 Å². The Labute approximate surface area is 108 Å². The van der Waals surface area contributed by atoms with Crippen LogP contribution >= 0.6 is 0 Å². The minimum atomic E-state index is 0.292. The predicted octanol–water partition coefficient (Wildman–Crippen LogP) is 2.28. The van der Waals surface area contributed by atoms with Crippen molar-refractivity contribution >= 4 is 11.6 Å². The van der Waals surface area contributed by atoms with Gasteiger partial charge in [0, 0.05) is 24.7 Å². The number of amides is 1. The van der Waals surface area contributed by atoms with Crippen molar-refractivity contribution in [3.8, 4) is 0 Å². The fourth-order valence-corrected chi connectivity index (χ4v) is 3.47. The average molecular weight is 244 g/mol. The highest BCUT2D eigenvalue weighted by Crippen LogP contribution is 2.34. The molecule has 0 saturated carbocycles. The Balaban J connectivity index is 1.90. The Morgan fingerprint density at radius 1 is 1.17 bits per heavy atom. The highest BCUT2D eigenvalue weighted by atomic mass is 16.2. The molecule has 0 N–H and O–H groups in total. The van der Waals surface area contributed by atoms with Gasteiger partial charge in [0.15, 0.2) is 0 Å². The lowest BCUT2D eigenvalue weighted by atomic mass is 9.95. The van der Waals surface area contributed by atoms with Crippen LogP contribution in [0.2, 0.25) is 0 Å². The predicted molar refractivity (Wildman–Crippen MR) is 72.6 cm³/mol. The van der Waals surface area contributed by atoms with Crippen LogP contribution < -0.4 is 4.90 Å². The third kappa shape index (κ3) is 1.83. The molecular formula is C15H20N2O. The molecule has 96 valence electrons. The van der Waals surface area contributed by atoms with Crippen LogP contribution in [0.1, 0.15) is 26.2 Å². The number of likely N-dealkylation sites (tertiary alicyclic amines) is 1. The van der Waals surface area contributed by atoms with Gasteiger partial charge in [-0.3, -0.25) is 9.69 Å². The molecule has 2 heterocycles. The first-order valence-electron chi connectivity index (χ1n) is 6.92. The summed E-state index contributed by atoms with van der Waals surface area (Å²) in [4.78, 5) is 16.8. The number of carbonyl (C=O) groups excluding carboxylic acids is 1. The lowest BCUT2D eigenvalue weighted by Crippen LogP contribution is -2.52. The smallest absolute Gasteiger partial charge is 0.227 e. The molecule has 1 aromatic carbocycles. The van der Waals surface area contributed by atoms with Crippen LogP contribution in [0.4, 0.5) is 5.69 Å². The van der Waals surface area contributed by atoms with E-state index in [-0.39, 0.29) is 0 Å². The van der Waals surface area contributed by atoms with Gasteiger partial charge in [-0.25, -0.2) is 0 Å². The molecule has 3 rings (SSSR count). The SMILES string of the molecule is CCN1CC[C@@H]2[C@H]1CCC(=O)N2c1ccccc1. The normalized spacial score (nSPS) is 28.5. The minimum Gasteiger partial charge on any atom is -0.308 e. The van der Waals surface area contributed by atoms with Gasteiger partial charge in [0.05, 0.1) is 6.04 Å². The zero-order valence-electron chi connectivity index (χ0n) is 10.9. The first kappa shape index (κ1) is 11.7. The van der Waals surface area contributed by atoms with E-state index in [1.807, 2.05) is 23.1 Å². The van der Waals surface area contributed by atoms with Crippen molar-refractivity contribution in [3.05, 3.63) is 30.3 Å². The van der Waals surface area contributed by atoms with Gasteiger partial charge in [0.25, 0.3) is 0 Å². The number of likely N-dealkylation sites (N-methyl/N-ethyl adjacent to an activating group) is 1. The summed E-state index contributed by atoms with van der Waals surface area (Å²) in [5, 5.41) is 0. The number of para-hydroxylation sites is 1. The van der Waals surface area contributed by atoms with Crippen molar-refractivity contribution in [3.63, 3.8) is 0 Å². The van der Waals surface area contributed by atoms with Crippen molar-refractivity contribution < 1.29 is 4.79 Å². The quantitative estimate of drug-likeness (QED) is 0.797. The van der Waals surface area contributed by atoms with Crippen LogP contribution in [0, 0.1) is 0 Å². The fourth-order valence-electron chi connectivity index (χ4n) is 3.47. The summed E-state index contributed by atoms with van der Waals surface area (Å²) in [6.07, 6.45) is 2.83. The molecule has 0 unspecified atom stereocenters. The summed E-state index contributed by atoms with van der Waals surface area (Å²) < 4.78 is 0. The van der Waals surface area contributed by atoms with E-state index in [9.17, 15) is 4.79 Å². The Morgan fingerprint density at radius 2 is 1.94 bits per heavy atom. The van der Waals surface area contributed by atoms with Crippen LogP contribution in [0.5, 0.6) is 0 Å². The lowest BCUT2D eigenvalue weighted by molar-refractivity contribution is -0.120. The Morgan fingerprint density at radius 3 is 2.67 bits per heavy atom. The number of rotatable bonds is 2. The maximum Gasteiger partial charge on any atom is 0.227 e. The number of hydrogen-bond donors (Lipinski definition) is 0. The summed E-state index contributed by atoms with van der Waals surface area (Å²) in [7, 11) is 0. The monoisotopic (exact) mass is 244 g/mol. The van der Waals surface area contributed by atoms with Crippen LogP contribution in [-0.2, 0) is 4.79 Å². The molecule has 2 fully saturated rings. The molecule has 3 heteroatoms. The standard InChI is InChI=1S/C15H20N2O/c1-2-16-11-10-14-13(16)8-9-15(18)17(14)12-6-4-3-5-7-12/h3-7,13-14H,2,8-11H2,1H3/t13-,14-/m1/s1. The maximum absolute atomic E-state index is 12.2. The van der Waals surface area contributed by atoms with Gasteiger partial charge in [-0.15, -0.1) is 0 Å². The Bertz CT molecular complexity index is 431. The average Bonchev–Trinajstić information content (AvgIpc) is 2.82. The van der Waals surface area contributed by atoms with Crippen LogP contribution in [0.3, 0.4) is 0 Å². The molecule has 18 heavy (non-hydrogen) atoms. The molecule has 2 atom stereocenters. The van der Waals surface area contributed by atoms with Gasteiger partial charge in [-0.1, -0.05) is 25.1 Å². The van der Waals surface area contributed by atoms with Gasteiger partial charge in [0.2, 0.25) is 5.91 Å². The van der Waals surface area contributed by atoms with Gasteiger partial charge in [-0.2, -0.15) is 0 Å². The molecule has 2 aliphatic rings. The summed E-state index contributed by atoms with van der Waals surface area (Å²) in [6.45, 7) is 4.44. The highest BCUT2D eigenvalue weighted by Gasteiger charge is 2.42. The topological polar surface area (TPSA) is 23.6 Å². The molecular weight excluding hydrogens is 224 g/mol. The van der Waals surface area contributed by atoms with Gasteiger partial charge in [-0.05, 0) is 31.5 Å². The van der Waals surface area contributed by atoms with Gasteiger partial charge in [0.1, 0.15) is 0 Å². The fraction of sp³-hybridized carbons (Fsp3) is 0.533. The molecule has 0 radical (unpaired) electrons. The number of piperidine rings is 1. The summed E-state index contributed by atoms with van der Waals surface area (Å²) in [5.74, 6) is 0.292. The molecule has 1 amide bonds. The third-order valence-electron chi connectivity index (χ3n) is 4.32. The maximum atomic E-state index is 12.2. The van der Waals surface area contributed by atoms with Crippen molar-refractivity contribution in [1.29, 1.82) is 0 Å². The number of benzene rings is 1. The molecule has 0 bridgehead atoms. The van der Waals surface area contributed by atoms with Crippen molar-refractivity contribution in [2.24, 2.45) is 0 Å². The van der Waals surface area contributed by atoms with E-state index in [0.717, 1.165) is 31.6 Å². The third-order valence-corrected chi connectivity index (χ3v) is 4.32. The Hall–Kier alpha value is -1.35. The Kier molecular flexibility index (Phi) is 3.08. The largest absolute Gasteiger partial charge is 0.308 e. The van der Waals surface area contributed by atoms with Crippen molar-refractivity contribution in [1.82, 2.24) is 4.90 Å². The van der Waals surface area contributed by atoms with E-state index in [1.54, 1.807) is 0 Å². The van der Waals surface area contributed by atoms with E-state index in [1.165, 1.54) is 0 Å². The van der Waals surface area contributed by atoms with Crippen LogP contribution in [-0.4, -0.2) is 36.0 Å². The number of hydrogen-bond acceptors (Lipinski definition) is 2. The molecule has 0 aromatic heterocycles. The zero-order chi connectivity index (χ0) is 12.5. The second-order valence-electron chi connectivity index (χ2n) is 5.19. The van der Waals surface area contributed by atoms with E-state index in [0.29, 0.717) is 24.4 Å². The number of anilines is 1. The van der Waals surface area contributed by atoms with E-state index in [2.05, 4.69) is 24.0 Å². The summed E-state index contributed by atoms with van der Waals surface area (Å²) in [6, 6.07) is 11.1. The molecule has 3 nitrogen and oxygen atoms in total. The number of nitrogens with zero attached hydrogens (tertiary/aromatic N) is 2. The molecule has 2 aliphatic heterocycles. The molecule has 0 spiro atoms. The first-order chi connectivity index (χ1) is 8.81. The minimum absolute atomic E-state index is 0.292.